The van der Waals surface area contributed by atoms with Crippen LogP contribution in [-0.4, -0.2) is 27.9 Å². The van der Waals surface area contributed by atoms with Crippen LogP contribution in [0.3, 0.4) is 0 Å². The first-order chi connectivity index (χ1) is 53.3. The van der Waals surface area contributed by atoms with E-state index in [1.165, 1.54) is 176 Å². The normalized spacial score (nSPS) is 13.3. The standard InChI is InChI=1S/C102H76B2N4Se/c1-101(2,3)79-48-52-87-86(63-79)104-85-51-50-84-95-96(85)108(92-62-77(69-39-23-11-24-40-69)59-89(94(92)104)105(87)81-55-73(65-31-15-7-16-32-65)53-74(56-81)66-33-17-8-18-34-66)98-97(99(71-43-27-13-28-44-71)109-100(98)72-45-29-14-30-46-72)107(95)91-61-78(70-41-25-12-26-42-70)60-90-93(91)103(84)83-49-47-80(102(4,5)6)64-88(83)106(90)82-57-75(67-35-19-9-20-36-67)54-76(58-82)68-37-21-10-22-38-68/h7-64H,1-6H3. The molecule has 4 nitrogen and oxygen atoms in total. The third kappa shape index (κ3) is 10.5. The zero-order valence-electron chi connectivity index (χ0n) is 61.8. The Morgan fingerprint density at radius 3 is 0.844 bits per heavy atom. The van der Waals surface area contributed by atoms with Crippen molar-refractivity contribution < 1.29 is 0 Å². The molecule has 0 atom stereocenters. The van der Waals surface area contributed by atoms with Gasteiger partial charge >= 0.3 is 578 Å². The molecule has 516 valence electrons. The van der Waals surface area contributed by atoms with Crippen LogP contribution >= 0.6 is 0 Å². The van der Waals surface area contributed by atoms with E-state index in [9.17, 15) is 0 Å². The van der Waals surface area contributed by atoms with Crippen LogP contribution < -0.4 is 52.4 Å². The van der Waals surface area contributed by atoms with Crippen LogP contribution in [0.2, 0.25) is 0 Å². The Labute approximate surface area is 646 Å². The summed E-state index contributed by atoms with van der Waals surface area (Å²) in [6, 6.07) is 134. The van der Waals surface area contributed by atoms with Crippen LogP contribution in [0.15, 0.2) is 352 Å². The molecule has 109 heavy (non-hydrogen) atoms. The van der Waals surface area contributed by atoms with Gasteiger partial charge in [-0.2, -0.15) is 0 Å². The first kappa shape index (κ1) is 65.0. The summed E-state index contributed by atoms with van der Waals surface area (Å²) in [5.41, 5.74) is 40.9. The van der Waals surface area contributed by atoms with Crippen molar-refractivity contribution in [2.45, 2.75) is 52.4 Å². The van der Waals surface area contributed by atoms with Crippen molar-refractivity contribution in [3.05, 3.63) is 363 Å². The predicted octanol–water partition coefficient (Wildman–Crippen LogP) is 23.2. The van der Waals surface area contributed by atoms with Gasteiger partial charge in [0, 0.05) is 0 Å². The Kier molecular flexibility index (Phi) is 15.0. The monoisotopic (exact) mass is 1460 g/mol. The van der Waals surface area contributed by atoms with Crippen LogP contribution in [0.25, 0.3) is 86.8 Å². The van der Waals surface area contributed by atoms with Crippen molar-refractivity contribution in [2.24, 2.45) is 0 Å². The minimum atomic E-state index is -0.211. The number of fused-ring (bicyclic) bond motifs is 11. The number of hydrogen-bond acceptors (Lipinski definition) is 4. The average molecular weight is 1460 g/mol. The first-order valence-corrected chi connectivity index (χ1v) is 40.0. The number of nitrogens with zero attached hydrogens (tertiary/aromatic N) is 4. The van der Waals surface area contributed by atoms with Gasteiger partial charge in [0.05, 0.1) is 0 Å². The maximum atomic E-state index is 2.83. The molecule has 0 spiro atoms. The quantitative estimate of drug-likeness (QED) is 0.127. The van der Waals surface area contributed by atoms with E-state index in [4.69, 9.17) is 0 Å². The average Bonchev–Trinajstić information content (AvgIpc) is 1.65. The van der Waals surface area contributed by atoms with Crippen molar-refractivity contribution in [1.29, 1.82) is 0 Å². The summed E-state index contributed by atoms with van der Waals surface area (Å²) in [6.45, 7) is 13.9. The summed E-state index contributed by atoms with van der Waals surface area (Å²) in [6.07, 6.45) is 0. The fraction of sp³-hybridized carbons (Fsp3) is 0.0784. The van der Waals surface area contributed by atoms with Gasteiger partial charge in [-0.15, -0.1) is 0 Å². The molecule has 0 saturated carbocycles. The molecule has 0 amide bonds. The zero-order chi connectivity index (χ0) is 73.0. The number of hydrogen-bond donors (Lipinski definition) is 0. The molecule has 16 aromatic rings. The molecule has 5 aliphatic rings. The van der Waals surface area contributed by atoms with E-state index in [0.29, 0.717) is 0 Å². The molecular formula is C102H76B2N4Se. The van der Waals surface area contributed by atoms with E-state index < -0.39 is 0 Å². The molecular weight excluding hydrogens is 1380 g/mol. The van der Waals surface area contributed by atoms with Crippen LogP contribution in [0, 0.1) is 0 Å². The van der Waals surface area contributed by atoms with E-state index in [-0.39, 0.29) is 38.8 Å². The zero-order valence-corrected chi connectivity index (χ0v) is 63.6. The van der Waals surface area contributed by atoms with Gasteiger partial charge in [0.15, 0.2) is 0 Å². The number of anilines is 12. The van der Waals surface area contributed by atoms with E-state index in [2.05, 4.69) is 413 Å². The molecule has 21 rings (SSSR count). The summed E-state index contributed by atoms with van der Waals surface area (Å²) in [5, 5.41) is 0. The summed E-state index contributed by atoms with van der Waals surface area (Å²) in [7, 11) is 0. The molecule has 6 heterocycles. The number of rotatable bonds is 10. The molecule has 1 aromatic heterocycles. The van der Waals surface area contributed by atoms with Gasteiger partial charge in [-0.1, -0.05) is 72.8 Å². The third-order valence-corrected chi connectivity index (χ3v) is 26.0. The Morgan fingerprint density at radius 1 is 0.211 bits per heavy atom. The van der Waals surface area contributed by atoms with Gasteiger partial charge in [-0.05, 0) is 0 Å². The minimum absolute atomic E-state index is 0.163. The molecule has 5 aliphatic heterocycles. The van der Waals surface area contributed by atoms with Gasteiger partial charge < -0.3 is 0 Å². The SMILES string of the molecule is CC(C)(C)c1ccc2c(c1)B1c3ccc4c5c3N(c3cc(-c6ccccc6)cc(c31)N2c1cc(-c2ccccc2)cc(-c2ccccc2)c1)c1c(-c2ccccc2)[se]c(-c2ccccc2)c1N5c1cc(-c2ccccc2)cc2c1B4c1ccc(C(C)(C)C)cc1N2c1cc(-c2ccccc2)cc(-c2ccccc2)c1. The van der Waals surface area contributed by atoms with Gasteiger partial charge in [0.1, 0.15) is 0 Å². The molecule has 0 unspecified atom stereocenters. The van der Waals surface area contributed by atoms with E-state index >= 15 is 0 Å². The maximum absolute atomic E-state index is 2.83. The van der Waals surface area contributed by atoms with E-state index in [1.54, 1.807) is 0 Å². The van der Waals surface area contributed by atoms with Crippen molar-refractivity contribution in [1.82, 2.24) is 0 Å². The Hall–Kier alpha value is -12.4. The fourth-order valence-corrected chi connectivity index (χ4v) is 20.9. The fourth-order valence-electron chi connectivity index (χ4n) is 18.2. The second-order valence-electron chi connectivity index (χ2n) is 32.0. The van der Waals surface area contributed by atoms with Crippen LogP contribution in [0.5, 0.6) is 0 Å². The predicted molar refractivity (Wildman–Crippen MR) is 466 cm³/mol. The van der Waals surface area contributed by atoms with E-state index in [0.717, 1.165) is 22.5 Å². The molecule has 0 fully saturated rings. The molecule has 0 radical (unpaired) electrons. The molecule has 0 saturated heterocycles. The molecule has 7 heteroatoms. The Bertz CT molecular complexity index is 6200. The van der Waals surface area contributed by atoms with Crippen molar-refractivity contribution in [2.75, 3.05) is 19.6 Å². The van der Waals surface area contributed by atoms with Gasteiger partial charge in [-0.25, -0.2) is 0 Å². The summed E-state index contributed by atoms with van der Waals surface area (Å²) in [4.78, 5) is 11.0. The summed E-state index contributed by atoms with van der Waals surface area (Å²) < 4.78 is 2.71. The Balaban J connectivity index is 0.917. The topological polar surface area (TPSA) is 13.0 Å². The van der Waals surface area contributed by atoms with Gasteiger partial charge in [-0.3, -0.25) is 0 Å². The third-order valence-electron chi connectivity index (χ3n) is 23.4. The van der Waals surface area contributed by atoms with E-state index in [1.807, 2.05) is 0 Å². The van der Waals surface area contributed by atoms with Crippen molar-refractivity contribution in [3.8, 4) is 86.8 Å². The van der Waals surface area contributed by atoms with Crippen LogP contribution in [-0.2, 0) is 10.8 Å². The second kappa shape index (κ2) is 25.1. The molecule has 0 N–H and O–H groups in total. The van der Waals surface area contributed by atoms with Crippen LogP contribution in [0.1, 0.15) is 52.7 Å². The van der Waals surface area contributed by atoms with Gasteiger partial charge in [0.25, 0.3) is 0 Å². The molecule has 0 bridgehead atoms. The van der Waals surface area contributed by atoms with Crippen molar-refractivity contribution in [3.63, 3.8) is 0 Å². The van der Waals surface area contributed by atoms with Crippen molar-refractivity contribution >= 4 is 129 Å². The summed E-state index contributed by atoms with van der Waals surface area (Å²) in [5.74, 6) is 0. The number of benzene rings is 15. The first-order valence-electron chi connectivity index (χ1n) is 38.3. The second-order valence-corrected chi connectivity index (χ2v) is 34.1. The van der Waals surface area contributed by atoms with Gasteiger partial charge in [0.2, 0.25) is 0 Å². The van der Waals surface area contributed by atoms with Crippen LogP contribution in [0.4, 0.5) is 68.2 Å². The molecule has 0 aliphatic carbocycles. The molecule has 15 aromatic carbocycles. The Morgan fingerprint density at radius 2 is 0.495 bits per heavy atom. The summed E-state index contributed by atoms with van der Waals surface area (Å²) >= 11 is -0.211.